The Morgan fingerprint density at radius 3 is 2.38 bits per heavy atom. The first-order valence-corrected chi connectivity index (χ1v) is 11.2. The molecule has 0 amide bonds. The summed E-state index contributed by atoms with van der Waals surface area (Å²) < 4.78 is 56.1. The quantitative estimate of drug-likeness (QED) is 0.717. The summed E-state index contributed by atoms with van der Waals surface area (Å²) in [5.41, 5.74) is 0. The third-order valence-electron chi connectivity index (χ3n) is 4.36. The lowest BCUT2D eigenvalue weighted by Gasteiger charge is -2.26. The van der Waals surface area contributed by atoms with Crippen molar-refractivity contribution < 1.29 is 21.3 Å². The summed E-state index contributed by atoms with van der Waals surface area (Å²) in [6, 6.07) is 8.35. The van der Waals surface area contributed by atoms with Gasteiger partial charge in [0.25, 0.3) is 0 Å². The number of rotatable bonds is 7. The molecule has 1 saturated heterocycles. The van der Waals surface area contributed by atoms with Crippen molar-refractivity contribution in [3.63, 3.8) is 0 Å². The van der Waals surface area contributed by atoms with Crippen molar-refractivity contribution in [1.29, 1.82) is 0 Å². The van der Waals surface area contributed by atoms with Crippen LogP contribution in [0.4, 0.5) is 0 Å². The van der Waals surface area contributed by atoms with Crippen LogP contribution in [0.25, 0.3) is 0 Å². The van der Waals surface area contributed by atoms with Crippen molar-refractivity contribution in [3.8, 4) is 0 Å². The van der Waals surface area contributed by atoms with Gasteiger partial charge < -0.3 is 4.42 Å². The lowest BCUT2D eigenvalue weighted by Crippen LogP contribution is -2.36. The smallest absolute Gasteiger partial charge is 0.240 e. The molecule has 1 unspecified atom stereocenters. The molecule has 0 spiro atoms. The van der Waals surface area contributed by atoms with Crippen LogP contribution in [0.3, 0.4) is 0 Å². The van der Waals surface area contributed by atoms with Gasteiger partial charge >= 0.3 is 0 Å². The van der Waals surface area contributed by atoms with Gasteiger partial charge in [-0.3, -0.25) is 4.90 Å². The molecule has 142 valence electrons. The monoisotopic (exact) mass is 399 g/mol. The summed E-state index contributed by atoms with van der Waals surface area (Å²) in [6.07, 6.45) is 3.67. The van der Waals surface area contributed by atoms with Crippen LogP contribution in [0.15, 0.2) is 56.9 Å². The number of hydrogen-bond acceptors (Lipinski definition) is 6. The Balaban J connectivity index is 1.80. The van der Waals surface area contributed by atoms with Crippen LogP contribution < -0.4 is 9.86 Å². The number of furan rings is 1. The molecule has 1 aromatic heterocycles. The van der Waals surface area contributed by atoms with E-state index < -0.39 is 20.0 Å². The highest BCUT2D eigenvalue weighted by atomic mass is 32.2. The number of hydrogen-bond donors (Lipinski definition) is 2. The molecule has 1 aromatic carbocycles. The normalized spacial score (nSPS) is 17.4. The molecular weight excluding hydrogens is 378 g/mol. The van der Waals surface area contributed by atoms with Gasteiger partial charge in [-0.1, -0.05) is 6.07 Å². The molecule has 1 atom stereocenters. The van der Waals surface area contributed by atoms with Crippen molar-refractivity contribution >= 4 is 20.0 Å². The van der Waals surface area contributed by atoms with E-state index in [0.717, 1.165) is 32.0 Å². The number of nitrogens with zero attached hydrogens (tertiary/aromatic N) is 1. The molecule has 2 aromatic rings. The Bertz CT molecular complexity index is 950. The summed E-state index contributed by atoms with van der Waals surface area (Å²) in [5.74, 6) is 0.688. The maximum absolute atomic E-state index is 12.6. The molecule has 2 heterocycles. The highest BCUT2D eigenvalue weighted by Crippen LogP contribution is 2.25. The first kappa shape index (κ1) is 19.1. The maximum Gasteiger partial charge on any atom is 0.240 e. The van der Waals surface area contributed by atoms with Gasteiger partial charge in [0.2, 0.25) is 20.0 Å². The number of likely N-dealkylation sites (tertiary alicyclic amines) is 1. The van der Waals surface area contributed by atoms with Gasteiger partial charge in [0.1, 0.15) is 5.76 Å². The highest BCUT2D eigenvalue weighted by molar-refractivity contribution is 7.90. The fraction of sp³-hybridized carbons (Fsp3) is 0.375. The molecule has 1 aliphatic heterocycles. The van der Waals surface area contributed by atoms with Gasteiger partial charge in [0.05, 0.1) is 22.1 Å². The Kier molecular flexibility index (Phi) is 5.49. The van der Waals surface area contributed by atoms with Crippen LogP contribution >= 0.6 is 0 Å². The first-order valence-electron chi connectivity index (χ1n) is 8.17. The minimum absolute atomic E-state index is 0.120. The van der Waals surface area contributed by atoms with Crippen LogP contribution in [-0.4, -0.2) is 41.4 Å². The van der Waals surface area contributed by atoms with Gasteiger partial charge in [-0.05, 0) is 56.3 Å². The second-order valence-electron chi connectivity index (χ2n) is 6.15. The molecule has 0 saturated carbocycles. The van der Waals surface area contributed by atoms with Crippen molar-refractivity contribution in [1.82, 2.24) is 9.62 Å². The third-order valence-corrected chi connectivity index (χ3v) is 6.70. The van der Waals surface area contributed by atoms with Crippen molar-refractivity contribution in [2.75, 3.05) is 19.6 Å². The van der Waals surface area contributed by atoms with E-state index in [0.29, 0.717) is 5.76 Å². The SMILES string of the molecule is NS(=O)(=O)c1cccc(S(=O)(=O)NCC(c2ccco2)N2CCCC2)c1. The molecule has 0 aliphatic carbocycles. The average molecular weight is 399 g/mol. The minimum Gasteiger partial charge on any atom is -0.468 e. The fourth-order valence-corrected chi connectivity index (χ4v) is 4.75. The summed E-state index contributed by atoms with van der Waals surface area (Å²) in [5, 5.41) is 5.08. The van der Waals surface area contributed by atoms with Crippen molar-refractivity contribution in [2.24, 2.45) is 5.14 Å². The summed E-state index contributed by atoms with van der Waals surface area (Å²) >= 11 is 0. The van der Waals surface area contributed by atoms with E-state index in [1.54, 1.807) is 12.3 Å². The molecule has 0 radical (unpaired) electrons. The van der Waals surface area contributed by atoms with Crippen molar-refractivity contribution in [2.45, 2.75) is 28.7 Å². The van der Waals surface area contributed by atoms with E-state index in [4.69, 9.17) is 9.56 Å². The van der Waals surface area contributed by atoms with Crippen LogP contribution in [0.1, 0.15) is 24.6 Å². The van der Waals surface area contributed by atoms with Crippen molar-refractivity contribution in [3.05, 3.63) is 48.4 Å². The molecule has 3 N–H and O–H groups in total. The van der Waals surface area contributed by atoms with Gasteiger partial charge in [-0.2, -0.15) is 0 Å². The molecule has 10 heteroatoms. The maximum atomic E-state index is 12.6. The lowest BCUT2D eigenvalue weighted by atomic mass is 10.2. The molecule has 1 aliphatic rings. The summed E-state index contributed by atoms with van der Waals surface area (Å²) in [6.45, 7) is 1.86. The van der Waals surface area contributed by atoms with E-state index in [9.17, 15) is 16.8 Å². The van der Waals surface area contributed by atoms with E-state index in [-0.39, 0.29) is 22.4 Å². The van der Waals surface area contributed by atoms with E-state index in [2.05, 4.69) is 9.62 Å². The average Bonchev–Trinajstić information content (AvgIpc) is 3.28. The highest BCUT2D eigenvalue weighted by Gasteiger charge is 2.27. The minimum atomic E-state index is -3.98. The number of primary sulfonamides is 1. The summed E-state index contributed by atoms with van der Waals surface area (Å²) in [4.78, 5) is 1.77. The Labute approximate surface area is 153 Å². The predicted molar refractivity (Wildman–Crippen MR) is 95.3 cm³/mol. The lowest BCUT2D eigenvalue weighted by molar-refractivity contribution is 0.216. The largest absolute Gasteiger partial charge is 0.468 e. The van der Waals surface area contributed by atoms with E-state index in [1.165, 1.54) is 18.2 Å². The van der Waals surface area contributed by atoms with E-state index >= 15 is 0 Å². The predicted octanol–water partition coefficient (Wildman–Crippen LogP) is 1.04. The molecule has 0 bridgehead atoms. The number of nitrogens with two attached hydrogens (primary N) is 1. The Morgan fingerprint density at radius 2 is 1.77 bits per heavy atom. The van der Waals surface area contributed by atoms with Crippen LogP contribution in [0, 0.1) is 0 Å². The molecular formula is C16H21N3O5S2. The van der Waals surface area contributed by atoms with E-state index in [1.807, 2.05) is 6.07 Å². The van der Waals surface area contributed by atoms with Gasteiger partial charge in [0, 0.05) is 6.54 Å². The number of sulfonamides is 2. The Hall–Kier alpha value is -1.72. The Morgan fingerprint density at radius 1 is 1.08 bits per heavy atom. The first-order chi connectivity index (χ1) is 12.3. The molecule has 26 heavy (non-hydrogen) atoms. The summed E-state index contributed by atoms with van der Waals surface area (Å²) in [7, 11) is -7.88. The third kappa shape index (κ3) is 4.33. The second kappa shape index (κ2) is 7.49. The molecule has 8 nitrogen and oxygen atoms in total. The fourth-order valence-electron chi connectivity index (χ4n) is 3.03. The van der Waals surface area contributed by atoms with Gasteiger partial charge in [-0.15, -0.1) is 0 Å². The zero-order valence-electron chi connectivity index (χ0n) is 14.0. The number of nitrogens with one attached hydrogen (secondary N) is 1. The molecule has 1 fully saturated rings. The topological polar surface area (TPSA) is 123 Å². The van der Waals surface area contributed by atoms with Gasteiger partial charge in [0.15, 0.2) is 0 Å². The van der Waals surface area contributed by atoms with Crippen LogP contribution in [0.2, 0.25) is 0 Å². The van der Waals surface area contributed by atoms with Crippen LogP contribution in [0.5, 0.6) is 0 Å². The second-order valence-corrected chi connectivity index (χ2v) is 9.47. The zero-order chi connectivity index (χ0) is 18.8. The van der Waals surface area contributed by atoms with Gasteiger partial charge in [-0.25, -0.2) is 26.7 Å². The standard InChI is InChI=1S/C16H21N3O5S2/c17-25(20,21)13-5-3-6-14(11-13)26(22,23)18-12-15(16-7-4-10-24-16)19-8-1-2-9-19/h3-7,10-11,15,18H,1-2,8-9,12H2,(H2,17,20,21). The zero-order valence-corrected chi connectivity index (χ0v) is 15.7. The molecule has 3 rings (SSSR count). The number of benzene rings is 1. The van der Waals surface area contributed by atoms with Crippen LogP contribution in [-0.2, 0) is 20.0 Å².